The molecule has 5 heteroatoms. The molecule has 2 aliphatic rings. The summed E-state index contributed by atoms with van der Waals surface area (Å²) in [6, 6.07) is 2.33. The van der Waals surface area contributed by atoms with Gasteiger partial charge in [0.1, 0.15) is 4.21 Å². The molecule has 0 aromatic carbocycles. The molecule has 2 atom stereocenters. The second-order valence-corrected chi connectivity index (χ2v) is 7.51. The standard InChI is InChI=1S/C10H13NO2S2/c1-2-11-6-7-5-9(11)8-3-4-14-10(8)15(7,12)13/h3-4,7,9H,2,5-6H2,1H3. The Morgan fingerprint density at radius 1 is 1.60 bits per heavy atom. The number of rotatable bonds is 1. The molecule has 1 fully saturated rings. The highest BCUT2D eigenvalue weighted by Crippen LogP contribution is 2.46. The SMILES string of the molecule is CCN1CC2CC1c1ccsc1S2(=O)=O. The first-order valence-electron chi connectivity index (χ1n) is 5.20. The molecule has 2 unspecified atom stereocenters. The second kappa shape index (κ2) is 3.06. The van der Waals surface area contributed by atoms with Gasteiger partial charge in [0.15, 0.2) is 9.84 Å². The van der Waals surface area contributed by atoms with Gasteiger partial charge in [-0.1, -0.05) is 6.92 Å². The van der Waals surface area contributed by atoms with Crippen LogP contribution < -0.4 is 0 Å². The minimum Gasteiger partial charge on any atom is -0.295 e. The highest BCUT2D eigenvalue weighted by atomic mass is 32.2. The van der Waals surface area contributed by atoms with Crippen molar-refractivity contribution in [2.24, 2.45) is 0 Å². The van der Waals surface area contributed by atoms with E-state index in [1.165, 1.54) is 11.3 Å². The van der Waals surface area contributed by atoms with Gasteiger partial charge < -0.3 is 0 Å². The first-order valence-corrected chi connectivity index (χ1v) is 7.62. The van der Waals surface area contributed by atoms with Crippen molar-refractivity contribution in [2.75, 3.05) is 13.1 Å². The van der Waals surface area contributed by atoms with E-state index in [4.69, 9.17) is 0 Å². The topological polar surface area (TPSA) is 37.4 Å². The summed E-state index contributed by atoms with van der Waals surface area (Å²) in [6.45, 7) is 3.75. The van der Waals surface area contributed by atoms with E-state index in [2.05, 4.69) is 11.8 Å². The molecular weight excluding hydrogens is 230 g/mol. The molecule has 1 aromatic heterocycles. The molecule has 3 rings (SSSR count). The Hall–Kier alpha value is -0.390. The Bertz CT molecular complexity index is 491. The second-order valence-electron chi connectivity index (χ2n) is 4.17. The largest absolute Gasteiger partial charge is 0.295 e. The predicted octanol–water partition coefficient (Wildman–Crippen LogP) is 1.67. The first kappa shape index (κ1) is 9.81. The monoisotopic (exact) mass is 243 g/mol. The normalized spacial score (nSPS) is 32.9. The van der Waals surface area contributed by atoms with Crippen molar-refractivity contribution in [3.63, 3.8) is 0 Å². The summed E-state index contributed by atoms with van der Waals surface area (Å²) in [5.41, 5.74) is 1.04. The molecule has 2 aliphatic heterocycles. The molecule has 3 nitrogen and oxygen atoms in total. The maximum absolute atomic E-state index is 12.2. The van der Waals surface area contributed by atoms with Crippen molar-refractivity contribution in [1.82, 2.24) is 4.90 Å². The fourth-order valence-corrected chi connectivity index (χ4v) is 6.14. The van der Waals surface area contributed by atoms with E-state index in [0.29, 0.717) is 16.8 Å². The van der Waals surface area contributed by atoms with Crippen LogP contribution in [-0.4, -0.2) is 31.7 Å². The molecule has 0 radical (unpaired) electrons. The molecule has 1 aromatic rings. The van der Waals surface area contributed by atoms with Crippen LogP contribution in [0.2, 0.25) is 0 Å². The lowest BCUT2D eigenvalue weighted by molar-refractivity contribution is 0.271. The quantitative estimate of drug-likeness (QED) is 0.753. The van der Waals surface area contributed by atoms with Gasteiger partial charge in [0.05, 0.1) is 5.25 Å². The molecule has 15 heavy (non-hydrogen) atoms. The van der Waals surface area contributed by atoms with Crippen molar-refractivity contribution < 1.29 is 8.42 Å². The molecule has 82 valence electrons. The summed E-state index contributed by atoms with van der Waals surface area (Å²) in [4.78, 5) is 2.28. The first-order chi connectivity index (χ1) is 7.14. The molecule has 0 aliphatic carbocycles. The smallest absolute Gasteiger partial charge is 0.192 e. The number of nitrogens with zero attached hydrogens (tertiary/aromatic N) is 1. The Morgan fingerprint density at radius 2 is 2.40 bits per heavy atom. The van der Waals surface area contributed by atoms with Gasteiger partial charge in [-0.3, -0.25) is 4.90 Å². The van der Waals surface area contributed by atoms with Crippen LogP contribution in [0, 0.1) is 0 Å². The van der Waals surface area contributed by atoms with Gasteiger partial charge in [0.25, 0.3) is 0 Å². The zero-order chi connectivity index (χ0) is 10.6. The highest BCUT2D eigenvalue weighted by molar-refractivity contribution is 7.94. The zero-order valence-corrected chi connectivity index (χ0v) is 10.1. The van der Waals surface area contributed by atoms with E-state index in [1.54, 1.807) is 0 Å². The third-order valence-electron chi connectivity index (χ3n) is 3.49. The fourth-order valence-electron chi connectivity index (χ4n) is 2.69. The van der Waals surface area contributed by atoms with Crippen molar-refractivity contribution in [2.45, 2.75) is 28.8 Å². The summed E-state index contributed by atoms with van der Waals surface area (Å²) >= 11 is 1.38. The van der Waals surface area contributed by atoms with Crippen LogP contribution in [0.25, 0.3) is 0 Å². The van der Waals surface area contributed by atoms with Crippen molar-refractivity contribution in [3.05, 3.63) is 17.0 Å². The lowest BCUT2D eigenvalue weighted by Gasteiger charge is -2.23. The minimum atomic E-state index is -3.01. The van der Waals surface area contributed by atoms with Gasteiger partial charge in [-0.25, -0.2) is 8.42 Å². The summed E-state index contributed by atoms with van der Waals surface area (Å²) in [5.74, 6) is 0. The molecule has 0 N–H and O–H groups in total. The number of fused-ring (bicyclic) bond motifs is 4. The highest BCUT2D eigenvalue weighted by Gasteiger charge is 2.47. The summed E-state index contributed by atoms with van der Waals surface area (Å²) in [7, 11) is -3.01. The molecule has 3 heterocycles. The molecule has 2 bridgehead atoms. The van der Waals surface area contributed by atoms with Crippen LogP contribution in [-0.2, 0) is 9.84 Å². The minimum absolute atomic E-state index is 0.159. The van der Waals surface area contributed by atoms with Gasteiger partial charge in [-0.15, -0.1) is 11.3 Å². The lowest BCUT2D eigenvalue weighted by atomic mass is 10.1. The number of hydrogen-bond donors (Lipinski definition) is 0. The van der Waals surface area contributed by atoms with E-state index in [-0.39, 0.29) is 5.25 Å². The van der Waals surface area contributed by atoms with Gasteiger partial charge in [0.2, 0.25) is 0 Å². The van der Waals surface area contributed by atoms with Crippen LogP contribution in [0.4, 0.5) is 0 Å². The van der Waals surface area contributed by atoms with E-state index in [9.17, 15) is 8.42 Å². The molecular formula is C10H13NO2S2. The average Bonchev–Trinajstić information content (AvgIpc) is 2.81. The number of hydrogen-bond acceptors (Lipinski definition) is 4. The molecule has 0 amide bonds. The van der Waals surface area contributed by atoms with Gasteiger partial charge in [0, 0.05) is 12.6 Å². The maximum atomic E-state index is 12.2. The summed E-state index contributed by atoms with van der Waals surface area (Å²) in [5, 5.41) is 1.74. The van der Waals surface area contributed by atoms with E-state index in [1.807, 2.05) is 11.4 Å². The Morgan fingerprint density at radius 3 is 3.13 bits per heavy atom. The van der Waals surface area contributed by atoms with E-state index < -0.39 is 9.84 Å². The number of thiophene rings is 1. The Labute approximate surface area is 93.6 Å². The third kappa shape index (κ3) is 1.17. The Balaban J connectivity index is 2.21. The van der Waals surface area contributed by atoms with Gasteiger partial charge in [-0.2, -0.15) is 0 Å². The van der Waals surface area contributed by atoms with Crippen LogP contribution in [0.1, 0.15) is 24.9 Å². The lowest BCUT2D eigenvalue weighted by Crippen LogP contribution is -2.25. The van der Waals surface area contributed by atoms with Crippen molar-refractivity contribution in [3.8, 4) is 0 Å². The average molecular weight is 243 g/mol. The molecule has 0 saturated carbocycles. The van der Waals surface area contributed by atoms with E-state index >= 15 is 0 Å². The van der Waals surface area contributed by atoms with Gasteiger partial charge in [-0.05, 0) is 30.0 Å². The fraction of sp³-hybridized carbons (Fsp3) is 0.600. The van der Waals surface area contributed by atoms with Gasteiger partial charge >= 0.3 is 0 Å². The molecule has 1 saturated heterocycles. The van der Waals surface area contributed by atoms with E-state index in [0.717, 1.165) is 18.5 Å². The maximum Gasteiger partial charge on any atom is 0.192 e. The van der Waals surface area contributed by atoms with Crippen molar-refractivity contribution in [1.29, 1.82) is 0 Å². The summed E-state index contributed by atoms with van der Waals surface area (Å²) in [6.07, 6.45) is 0.792. The number of likely N-dealkylation sites (tertiary alicyclic amines) is 1. The van der Waals surface area contributed by atoms with Crippen molar-refractivity contribution >= 4 is 21.2 Å². The summed E-state index contributed by atoms with van der Waals surface area (Å²) < 4.78 is 25.0. The zero-order valence-electron chi connectivity index (χ0n) is 8.51. The van der Waals surface area contributed by atoms with Crippen LogP contribution >= 0.6 is 11.3 Å². The van der Waals surface area contributed by atoms with Crippen LogP contribution in [0.5, 0.6) is 0 Å². The Kier molecular flexibility index (Phi) is 2.00. The third-order valence-corrected chi connectivity index (χ3v) is 7.17. The van der Waals surface area contributed by atoms with Crippen LogP contribution in [0.3, 0.4) is 0 Å². The number of sulfone groups is 1. The van der Waals surface area contributed by atoms with Crippen LogP contribution in [0.15, 0.2) is 15.7 Å². The molecule has 0 spiro atoms. The predicted molar refractivity (Wildman–Crippen MR) is 59.9 cm³/mol.